The van der Waals surface area contributed by atoms with Crippen molar-refractivity contribution in [2.24, 2.45) is 0 Å². The normalized spacial score (nSPS) is 19.0. The molecule has 1 amide bonds. The molecule has 3 heterocycles. The maximum absolute atomic E-state index is 12.5. The Kier molecular flexibility index (Phi) is 3.70. The minimum Gasteiger partial charge on any atom is -0.482 e. The molecule has 24 heavy (non-hydrogen) atoms. The lowest BCUT2D eigenvalue weighted by molar-refractivity contribution is -0.128. The van der Waals surface area contributed by atoms with Crippen LogP contribution < -0.4 is 14.8 Å². The first kappa shape index (κ1) is 14.8. The van der Waals surface area contributed by atoms with Crippen LogP contribution >= 0.6 is 11.3 Å². The van der Waals surface area contributed by atoms with Gasteiger partial charge in [-0.1, -0.05) is 12.1 Å². The quantitative estimate of drug-likeness (QED) is 0.766. The van der Waals surface area contributed by atoms with E-state index in [9.17, 15) is 4.79 Å². The summed E-state index contributed by atoms with van der Waals surface area (Å²) in [6, 6.07) is 11.2. The van der Waals surface area contributed by atoms with E-state index in [0.29, 0.717) is 16.6 Å². The summed E-state index contributed by atoms with van der Waals surface area (Å²) in [4.78, 5) is 20.0. The Hall–Kier alpha value is -2.80. The van der Waals surface area contributed by atoms with E-state index in [1.165, 1.54) is 11.3 Å². The molecule has 0 unspecified atom stereocenters. The number of benzene rings is 1. The van der Waals surface area contributed by atoms with Crippen molar-refractivity contribution in [1.29, 1.82) is 0 Å². The van der Waals surface area contributed by atoms with Gasteiger partial charge >= 0.3 is 0 Å². The molecule has 2 N–H and O–H groups in total. The maximum atomic E-state index is 12.5. The number of anilines is 1. The molecular formula is C17H15N3O3S. The van der Waals surface area contributed by atoms with Crippen molar-refractivity contribution in [3.63, 3.8) is 0 Å². The lowest BCUT2D eigenvalue weighted by atomic mass is 10.1. The number of hydrogen-bond donors (Lipinski definition) is 2. The second kappa shape index (κ2) is 6.01. The number of carbonyl (C=O) groups excluding carboxylic acids is 1. The minimum atomic E-state index is -0.724. The van der Waals surface area contributed by atoms with Crippen molar-refractivity contribution in [3.8, 4) is 22.9 Å². The van der Waals surface area contributed by atoms with Gasteiger partial charge in [-0.15, -0.1) is 11.3 Å². The topological polar surface area (TPSA) is 76.2 Å². The largest absolute Gasteiger partial charge is 0.482 e. The highest BCUT2D eigenvalue weighted by Crippen LogP contribution is 2.34. The van der Waals surface area contributed by atoms with Crippen LogP contribution in [0.2, 0.25) is 0 Å². The third kappa shape index (κ3) is 2.74. The van der Waals surface area contributed by atoms with Gasteiger partial charge < -0.3 is 14.5 Å². The first-order chi connectivity index (χ1) is 11.7. The van der Waals surface area contributed by atoms with Gasteiger partial charge in [0.15, 0.2) is 16.6 Å². The van der Waals surface area contributed by atoms with Gasteiger partial charge in [-0.2, -0.15) is 0 Å². The van der Waals surface area contributed by atoms with Crippen LogP contribution in [-0.2, 0) is 4.79 Å². The first-order valence-corrected chi connectivity index (χ1v) is 8.41. The Morgan fingerprint density at radius 1 is 1.21 bits per heavy atom. The highest BCUT2D eigenvalue weighted by atomic mass is 32.1. The average molecular weight is 341 g/mol. The average Bonchev–Trinajstić information content (AvgIpc) is 3.25. The number of thiazole rings is 1. The van der Waals surface area contributed by atoms with Crippen LogP contribution in [0.1, 0.15) is 6.92 Å². The molecular weight excluding hydrogens is 326 g/mol. The van der Waals surface area contributed by atoms with Gasteiger partial charge in [-0.3, -0.25) is 10.1 Å². The molecule has 0 aliphatic carbocycles. The molecule has 1 aromatic carbocycles. The van der Waals surface area contributed by atoms with E-state index < -0.39 is 6.10 Å². The number of para-hydroxylation sites is 2. The summed E-state index contributed by atoms with van der Waals surface area (Å²) in [6.45, 7) is 1.81. The Bertz CT molecular complexity index is 860. The molecule has 1 aliphatic heterocycles. The predicted octanol–water partition coefficient (Wildman–Crippen LogP) is 3.31. The van der Waals surface area contributed by atoms with E-state index in [4.69, 9.17) is 9.47 Å². The van der Waals surface area contributed by atoms with Gasteiger partial charge in [0, 0.05) is 11.6 Å². The second-order valence-corrected chi connectivity index (χ2v) is 6.28. The van der Waals surface area contributed by atoms with Gasteiger partial charge in [-0.25, -0.2) is 4.98 Å². The van der Waals surface area contributed by atoms with Crippen molar-refractivity contribution >= 4 is 22.4 Å². The van der Waals surface area contributed by atoms with E-state index in [2.05, 4.69) is 15.3 Å². The molecule has 0 saturated carbocycles. The monoisotopic (exact) mass is 341 g/mol. The van der Waals surface area contributed by atoms with Crippen LogP contribution in [0.5, 0.6) is 11.5 Å². The van der Waals surface area contributed by atoms with Crippen molar-refractivity contribution in [3.05, 3.63) is 48.0 Å². The summed E-state index contributed by atoms with van der Waals surface area (Å²) in [6.07, 6.45) is 0.722. The third-order valence-corrected chi connectivity index (χ3v) is 4.47. The molecule has 1 aliphatic rings. The van der Waals surface area contributed by atoms with Crippen LogP contribution in [0.25, 0.3) is 11.4 Å². The fraction of sp³-hybridized carbons (Fsp3) is 0.176. The summed E-state index contributed by atoms with van der Waals surface area (Å²) >= 11 is 1.37. The van der Waals surface area contributed by atoms with Crippen LogP contribution in [0.15, 0.2) is 48.0 Å². The lowest BCUT2D eigenvalue weighted by Crippen LogP contribution is -2.46. The maximum Gasteiger partial charge on any atom is 0.271 e. The zero-order valence-electron chi connectivity index (χ0n) is 12.9. The Labute approximate surface area is 142 Å². The summed E-state index contributed by atoms with van der Waals surface area (Å²) in [5.41, 5.74) is 1.70. The van der Waals surface area contributed by atoms with Crippen LogP contribution in [-0.4, -0.2) is 28.1 Å². The summed E-state index contributed by atoms with van der Waals surface area (Å²) in [5.74, 6) is 0.948. The van der Waals surface area contributed by atoms with E-state index in [1.54, 1.807) is 6.07 Å². The Balaban J connectivity index is 1.49. The summed E-state index contributed by atoms with van der Waals surface area (Å²) < 4.78 is 11.6. The lowest BCUT2D eigenvalue weighted by Gasteiger charge is -2.30. The number of aromatic nitrogens is 2. The summed E-state index contributed by atoms with van der Waals surface area (Å²) in [5, 5.41) is 5.22. The fourth-order valence-electron chi connectivity index (χ4n) is 2.53. The van der Waals surface area contributed by atoms with Gasteiger partial charge in [0.2, 0.25) is 6.10 Å². The molecule has 0 saturated heterocycles. The molecule has 2 aromatic heterocycles. The highest BCUT2D eigenvalue weighted by molar-refractivity contribution is 7.14. The van der Waals surface area contributed by atoms with Gasteiger partial charge in [0.05, 0.1) is 11.4 Å². The Morgan fingerprint density at radius 3 is 2.75 bits per heavy atom. The van der Waals surface area contributed by atoms with Gasteiger partial charge in [0.1, 0.15) is 6.10 Å². The molecule has 3 aromatic rings. The van der Waals surface area contributed by atoms with Crippen LogP contribution in [0, 0.1) is 0 Å². The molecule has 0 radical (unpaired) electrons. The van der Waals surface area contributed by atoms with Gasteiger partial charge in [0.25, 0.3) is 5.91 Å². The number of H-pyrrole nitrogens is 1. The molecule has 122 valence electrons. The molecule has 4 rings (SSSR count). The number of nitrogens with one attached hydrogen (secondary N) is 2. The number of hydrogen-bond acceptors (Lipinski definition) is 5. The van der Waals surface area contributed by atoms with Gasteiger partial charge in [-0.05, 0) is 31.2 Å². The number of rotatable bonds is 3. The molecule has 7 heteroatoms. The highest BCUT2D eigenvalue weighted by Gasteiger charge is 2.34. The van der Waals surface area contributed by atoms with E-state index in [-0.39, 0.29) is 12.0 Å². The van der Waals surface area contributed by atoms with Crippen molar-refractivity contribution in [1.82, 2.24) is 9.97 Å². The fourth-order valence-corrected chi connectivity index (χ4v) is 3.24. The molecule has 2 atom stereocenters. The zero-order valence-corrected chi connectivity index (χ0v) is 13.7. The van der Waals surface area contributed by atoms with Crippen molar-refractivity contribution < 1.29 is 14.3 Å². The molecule has 0 fully saturated rings. The number of carbonyl (C=O) groups is 1. The number of amides is 1. The molecule has 6 nitrogen and oxygen atoms in total. The van der Waals surface area contributed by atoms with Crippen molar-refractivity contribution in [2.45, 2.75) is 19.1 Å². The smallest absolute Gasteiger partial charge is 0.271 e. The van der Waals surface area contributed by atoms with E-state index in [1.807, 2.05) is 48.8 Å². The second-order valence-electron chi connectivity index (χ2n) is 5.42. The number of fused-ring (bicyclic) bond motifs is 1. The first-order valence-electron chi connectivity index (χ1n) is 7.53. The van der Waals surface area contributed by atoms with E-state index in [0.717, 1.165) is 11.4 Å². The molecule has 0 spiro atoms. The Morgan fingerprint density at radius 2 is 2.00 bits per heavy atom. The number of ether oxygens (including phenoxy) is 2. The standard InChI is InChI=1S/C17H15N3O3S/c1-10-15(23-14-7-3-2-6-13(14)22-10)16(21)20-17-19-12(9-24-17)11-5-4-8-18-11/h2-10,15,18H,1H3,(H,19,20,21)/t10-,15+/m0/s1. The number of nitrogens with zero attached hydrogens (tertiary/aromatic N) is 1. The third-order valence-electron chi connectivity index (χ3n) is 3.71. The predicted molar refractivity (Wildman–Crippen MR) is 91.5 cm³/mol. The molecule has 0 bridgehead atoms. The van der Waals surface area contributed by atoms with E-state index >= 15 is 0 Å². The van der Waals surface area contributed by atoms with Crippen LogP contribution in [0.3, 0.4) is 0 Å². The zero-order chi connectivity index (χ0) is 16.5. The van der Waals surface area contributed by atoms with Crippen LogP contribution in [0.4, 0.5) is 5.13 Å². The summed E-state index contributed by atoms with van der Waals surface area (Å²) in [7, 11) is 0. The number of aromatic amines is 1. The van der Waals surface area contributed by atoms with Crippen molar-refractivity contribution in [2.75, 3.05) is 5.32 Å². The SMILES string of the molecule is C[C@@H]1Oc2ccccc2O[C@H]1C(=O)Nc1nc(-c2ccc[nH]2)cs1. The minimum absolute atomic E-state index is 0.274.